The lowest BCUT2D eigenvalue weighted by atomic mass is 10.1. The van der Waals surface area contributed by atoms with E-state index in [0.29, 0.717) is 11.3 Å². The zero-order valence-electron chi connectivity index (χ0n) is 14.3. The summed E-state index contributed by atoms with van der Waals surface area (Å²) < 4.78 is 0. The standard InChI is InChI=1S/C19H21N3O3/c1-22(2)16-10-8-15(9-11-16)19(25)21-20-17(12-13-18(23)24)14-6-4-3-5-7-14/h3-11H,12-13H2,1-2H3,(H,21,25)(H,23,24). The number of anilines is 1. The predicted molar refractivity (Wildman–Crippen MR) is 98.1 cm³/mol. The third-order valence-electron chi connectivity index (χ3n) is 3.62. The van der Waals surface area contributed by atoms with Crippen LogP contribution < -0.4 is 10.3 Å². The van der Waals surface area contributed by atoms with Crippen molar-refractivity contribution in [3.05, 3.63) is 65.7 Å². The molecule has 0 spiro atoms. The number of carbonyl (C=O) groups is 2. The van der Waals surface area contributed by atoms with Crippen molar-refractivity contribution in [3.8, 4) is 0 Å². The molecule has 0 fully saturated rings. The molecule has 0 aromatic heterocycles. The van der Waals surface area contributed by atoms with E-state index in [-0.39, 0.29) is 18.7 Å². The second-order valence-corrected chi connectivity index (χ2v) is 5.70. The Morgan fingerprint density at radius 3 is 2.16 bits per heavy atom. The van der Waals surface area contributed by atoms with Gasteiger partial charge in [0.05, 0.1) is 12.1 Å². The van der Waals surface area contributed by atoms with E-state index in [4.69, 9.17) is 5.11 Å². The van der Waals surface area contributed by atoms with Crippen molar-refractivity contribution < 1.29 is 14.7 Å². The monoisotopic (exact) mass is 339 g/mol. The number of carbonyl (C=O) groups excluding carboxylic acids is 1. The van der Waals surface area contributed by atoms with Crippen LogP contribution in [0.1, 0.15) is 28.8 Å². The van der Waals surface area contributed by atoms with E-state index >= 15 is 0 Å². The number of benzene rings is 2. The molecular weight excluding hydrogens is 318 g/mol. The van der Waals surface area contributed by atoms with Gasteiger partial charge in [-0.1, -0.05) is 30.3 Å². The SMILES string of the molecule is CN(C)c1ccc(C(=O)NN=C(CCC(=O)O)c2ccccc2)cc1. The van der Waals surface area contributed by atoms with Gasteiger partial charge in [0.15, 0.2) is 0 Å². The highest BCUT2D eigenvalue weighted by Gasteiger charge is 2.09. The summed E-state index contributed by atoms with van der Waals surface area (Å²) in [7, 11) is 3.85. The van der Waals surface area contributed by atoms with Crippen LogP contribution in [0.4, 0.5) is 5.69 Å². The van der Waals surface area contributed by atoms with E-state index < -0.39 is 5.97 Å². The quantitative estimate of drug-likeness (QED) is 0.600. The summed E-state index contributed by atoms with van der Waals surface area (Å²) in [5.74, 6) is -1.25. The molecule has 0 heterocycles. The average molecular weight is 339 g/mol. The van der Waals surface area contributed by atoms with E-state index in [1.54, 1.807) is 12.1 Å². The zero-order chi connectivity index (χ0) is 18.2. The predicted octanol–water partition coefficient (Wildman–Crippen LogP) is 2.75. The fraction of sp³-hybridized carbons (Fsp3) is 0.211. The Hall–Kier alpha value is -3.15. The lowest BCUT2D eigenvalue weighted by Crippen LogP contribution is -2.20. The Kier molecular flexibility index (Phi) is 6.28. The summed E-state index contributed by atoms with van der Waals surface area (Å²) in [6.07, 6.45) is 0.181. The van der Waals surface area contributed by atoms with Crippen LogP contribution >= 0.6 is 0 Å². The van der Waals surface area contributed by atoms with Gasteiger partial charge in [-0.05, 0) is 29.8 Å². The minimum atomic E-state index is -0.908. The molecule has 2 N–H and O–H groups in total. The first-order chi connectivity index (χ1) is 12.0. The second kappa shape index (κ2) is 8.63. The number of hydrogen-bond acceptors (Lipinski definition) is 4. The number of rotatable bonds is 7. The Bertz CT molecular complexity index is 753. The number of hydrazone groups is 1. The molecule has 2 aromatic rings. The molecule has 0 saturated heterocycles. The molecular formula is C19H21N3O3. The Balaban J connectivity index is 2.13. The minimum absolute atomic E-state index is 0.0544. The Labute approximate surface area is 146 Å². The topological polar surface area (TPSA) is 82.0 Å². The lowest BCUT2D eigenvalue weighted by molar-refractivity contribution is -0.136. The first-order valence-corrected chi connectivity index (χ1v) is 7.89. The summed E-state index contributed by atoms with van der Waals surface area (Å²) in [5.41, 5.74) is 5.30. The molecule has 0 aliphatic rings. The van der Waals surface area contributed by atoms with Crippen LogP contribution in [-0.4, -0.2) is 36.8 Å². The molecule has 0 atom stereocenters. The maximum Gasteiger partial charge on any atom is 0.303 e. The van der Waals surface area contributed by atoms with Crippen LogP contribution in [0.3, 0.4) is 0 Å². The van der Waals surface area contributed by atoms with Gasteiger partial charge >= 0.3 is 5.97 Å². The number of aliphatic carboxylic acids is 1. The van der Waals surface area contributed by atoms with Gasteiger partial charge in [0.1, 0.15) is 0 Å². The van der Waals surface area contributed by atoms with Crippen molar-refractivity contribution in [1.82, 2.24) is 5.43 Å². The van der Waals surface area contributed by atoms with Crippen LogP contribution in [0.5, 0.6) is 0 Å². The molecule has 25 heavy (non-hydrogen) atoms. The Morgan fingerprint density at radius 1 is 0.960 bits per heavy atom. The third-order valence-corrected chi connectivity index (χ3v) is 3.62. The van der Waals surface area contributed by atoms with Crippen LogP contribution in [0.25, 0.3) is 0 Å². The van der Waals surface area contributed by atoms with E-state index in [9.17, 15) is 9.59 Å². The Morgan fingerprint density at radius 2 is 1.60 bits per heavy atom. The van der Waals surface area contributed by atoms with E-state index in [2.05, 4.69) is 10.5 Å². The molecule has 0 unspecified atom stereocenters. The van der Waals surface area contributed by atoms with Crippen molar-refractivity contribution in [2.45, 2.75) is 12.8 Å². The number of carboxylic acids is 1. The smallest absolute Gasteiger partial charge is 0.303 e. The first-order valence-electron chi connectivity index (χ1n) is 7.89. The zero-order valence-corrected chi connectivity index (χ0v) is 14.3. The van der Waals surface area contributed by atoms with Crippen molar-refractivity contribution >= 4 is 23.3 Å². The van der Waals surface area contributed by atoms with Gasteiger partial charge in [-0.15, -0.1) is 0 Å². The van der Waals surface area contributed by atoms with Crippen LogP contribution in [0.15, 0.2) is 59.7 Å². The summed E-state index contributed by atoms with van der Waals surface area (Å²) in [6.45, 7) is 0. The molecule has 130 valence electrons. The summed E-state index contributed by atoms with van der Waals surface area (Å²) in [5, 5.41) is 13.0. The minimum Gasteiger partial charge on any atom is -0.481 e. The van der Waals surface area contributed by atoms with Gasteiger partial charge in [-0.3, -0.25) is 9.59 Å². The molecule has 0 aliphatic heterocycles. The first kappa shape index (κ1) is 18.2. The molecule has 2 aromatic carbocycles. The molecule has 2 rings (SSSR count). The molecule has 6 nitrogen and oxygen atoms in total. The van der Waals surface area contributed by atoms with E-state index in [1.807, 2.05) is 61.5 Å². The summed E-state index contributed by atoms with van der Waals surface area (Å²) in [4.78, 5) is 25.0. The fourth-order valence-electron chi connectivity index (χ4n) is 2.21. The van der Waals surface area contributed by atoms with Gasteiger partial charge in [-0.25, -0.2) is 5.43 Å². The van der Waals surface area contributed by atoms with Gasteiger partial charge in [0, 0.05) is 31.8 Å². The number of hydrogen-bond donors (Lipinski definition) is 2. The summed E-state index contributed by atoms with van der Waals surface area (Å²) >= 11 is 0. The largest absolute Gasteiger partial charge is 0.481 e. The van der Waals surface area contributed by atoms with Gasteiger partial charge < -0.3 is 10.0 Å². The second-order valence-electron chi connectivity index (χ2n) is 5.70. The average Bonchev–Trinajstić information content (AvgIpc) is 2.62. The molecule has 0 aliphatic carbocycles. The maximum atomic E-state index is 12.3. The molecule has 0 bridgehead atoms. The number of carboxylic acid groups (broad SMARTS) is 1. The number of nitrogens with one attached hydrogen (secondary N) is 1. The van der Waals surface area contributed by atoms with Crippen LogP contribution in [0, 0.1) is 0 Å². The van der Waals surface area contributed by atoms with E-state index in [1.165, 1.54) is 0 Å². The fourth-order valence-corrected chi connectivity index (χ4v) is 2.21. The van der Waals surface area contributed by atoms with Crippen molar-refractivity contribution in [1.29, 1.82) is 0 Å². The van der Waals surface area contributed by atoms with Crippen molar-refractivity contribution in [2.75, 3.05) is 19.0 Å². The molecule has 1 amide bonds. The van der Waals surface area contributed by atoms with Crippen molar-refractivity contribution in [2.24, 2.45) is 5.10 Å². The van der Waals surface area contributed by atoms with Crippen LogP contribution in [-0.2, 0) is 4.79 Å². The lowest BCUT2D eigenvalue weighted by Gasteiger charge is -2.12. The van der Waals surface area contributed by atoms with Crippen LogP contribution in [0.2, 0.25) is 0 Å². The summed E-state index contributed by atoms with van der Waals surface area (Å²) in [6, 6.07) is 16.4. The molecule has 6 heteroatoms. The van der Waals surface area contributed by atoms with Gasteiger partial charge in [0.2, 0.25) is 0 Å². The molecule has 0 radical (unpaired) electrons. The van der Waals surface area contributed by atoms with E-state index in [0.717, 1.165) is 11.3 Å². The highest BCUT2D eigenvalue weighted by atomic mass is 16.4. The maximum absolute atomic E-state index is 12.3. The van der Waals surface area contributed by atoms with Gasteiger partial charge in [-0.2, -0.15) is 5.10 Å². The highest BCUT2D eigenvalue weighted by molar-refractivity contribution is 6.03. The number of amides is 1. The third kappa shape index (κ3) is 5.46. The number of nitrogens with zero attached hydrogens (tertiary/aromatic N) is 2. The van der Waals surface area contributed by atoms with Gasteiger partial charge in [0.25, 0.3) is 5.91 Å². The van der Waals surface area contributed by atoms with Crippen molar-refractivity contribution in [3.63, 3.8) is 0 Å². The normalized spacial score (nSPS) is 11.0. The highest BCUT2D eigenvalue weighted by Crippen LogP contribution is 2.12. The molecule has 0 saturated carbocycles.